The molecule has 2 N–H and O–H groups in total. The van der Waals surface area contributed by atoms with Crippen LogP contribution in [0.5, 0.6) is 0 Å². The van der Waals surface area contributed by atoms with E-state index in [4.69, 9.17) is 9.47 Å². The maximum Gasteiger partial charge on any atom is 0.233 e. The molecule has 0 aliphatic carbocycles. The van der Waals surface area contributed by atoms with Crippen LogP contribution in [0.2, 0.25) is 0 Å². The largest absolute Gasteiger partial charge is 0.380 e. The molecule has 1 atom stereocenters. The zero-order valence-electron chi connectivity index (χ0n) is 22.3. The predicted molar refractivity (Wildman–Crippen MR) is 139 cm³/mol. The molecule has 194 valence electrons. The van der Waals surface area contributed by atoms with Crippen LogP contribution < -0.4 is 10.6 Å². The summed E-state index contributed by atoms with van der Waals surface area (Å²) in [7, 11) is 1.93. The van der Waals surface area contributed by atoms with Gasteiger partial charge in [0.1, 0.15) is 12.1 Å². The first-order chi connectivity index (χ1) is 15.4. The van der Waals surface area contributed by atoms with Gasteiger partial charge in [-0.2, -0.15) is 0 Å². The van der Waals surface area contributed by atoms with Gasteiger partial charge in [-0.05, 0) is 26.3 Å². The van der Waals surface area contributed by atoms with Gasteiger partial charge >= 0.3 is 0 Å². The van der Waals surface area contributed by atoms with Gasteiger partial charge in [0.25, 0.3) is 0 Å². The highest BCUT2D eigenvalue weighted by molar-refractivity contribution is 8.00. The van der Waals surface area contributed by atoms with Crippen LogP contribution in [0.4, 0.5) is 0 Å². The molecule has 0 spiro atoms. The van der Waals surface area contributed by atoms with Gasteiger partial charge in [-0.1, -0.05) is 48.5 Å². The van der Waals surface area contributed by atoms with Crippen molar-refractivity contribution in [2.75, 3.05) is 52.3 Å². The number of thioether (sulfide) groups is 1. The second kappa shape index (κ2) is 34.6. The lowest BCUT2D eigenvalue weighted by molar-refractivity contribution is -0.122. The number of aldehydes is 1. The monoisotopic (exact) mass is 480 g/mol. The molecule has 0 aliphatic heterocycles. The highest BCUT2D eigenvalue weighted by Gasteiger charge is 2.18. The molecule has 1 unspecified atom stereocenters. The van der Waals surface area contributed by atoms with E-state index in [1.54, 1.807) is 0 Å². The molecule has 0 aliphatic rings. The lowest BCUT2D eigenvalue weighted by Crippen LogP contribution is -2.35. The number of carbonyl (C=O) groups excluding carboxylic acids is 3. The topological polar surface area (TPSA) is 93.7 Å². The fourth-order valence-electron chi connectivity index (χ4n) is 1.78. The fourth-order valence-corrected chi connectivity index (χ4v) is 2.92. The highest BCUT2D eigenvalue weighted by atomic mass is 32.2. The van der Waals surface area contributed by atoms with Gasteiger partial charge in [0.2, 0.25) is 5.91 Å². The van der Waals surface area contributed by atoms with Gasteiger partial charge in [0.05, 0.1) is 18.5 Å². The maximum absolute atomic E-state index is 11.9. The maximum atomic E-state index is 11.9. The molecule has 0 bridgehead atoms. The van der Waals surface area contributed by atoms with Crippen LogP contribution in [0.3, 0.4) is 0 Å². The summed E-state index contributed by atoms with van der Waals surface area (Å²) in [4.78, 5) is 33.3. The van der Waals surface area contributed by atoms with E-state index in [0.29, 0.717) is 37.9 Å². The van der Waals surface area contributed by atoms with Crippen molar-refractivity contribution < 1.29 is 23.9 Å². The zero-order valence-corrected chi connectivity index (χ0v) is 23.1. The van der Waals surface area contributed by atoms with Gasteiger partial charge < -0.3 is 24.9 Å². The van der Waals surface area contributed by atoms with Crippen molar-refractivity contribution in [2.24, 2.45) is 5.92 Å². The van der Waals surface area contributed by atoms with Crippen LogP contribution in [0.25, 0.3) is 0 Å². The molecule has 0 aromatic heterocycles. The molecule has 8 heteroatoms. The number of Topliss-reactive ketones (excluding diaryl/α,β-unsaturated/α-hetero) is 1. The molecule has 0 saturated heterocycles. The smallest absolute Gasteiger partial charge is 0.233 e. The van der Waals surface area contributed by atoms with Gasteiger partial charge in [0.15, 0.2) is 0 Å². The first-order valence-electron chi connectivity index (χ1n) is 12.0. The van der Waals surface area contributed by atoms with E-state index in [2.05, 4.69) is 31.4 Å². The summed E-state index contributed by atoms with van der Waals surface area (Å²) in [5, 5.41) is 5.33. The molecular weight excluding hydrogens is 428 g/mol. The zero-order chi connectivity index (χ0) is 25.6. The number of carbonyl (C=O) groups is 3. The summed E-state index contributed by atoms with van der Waals surface area (Å²) >= 11 is 1.35. The lowest BCUT2D eigenvalue weighted by atomic mass is 10.2. The number of hydrogen-bond donors (Lipinski definition) is 2. The van der Waals surface area contributed by atoms with Gasteiger partial charge in [-0.15, -0.1) is 11.8 Å². The summed E-state index contributed by atoms with van der Waals surface area (Å²) < 4.78 is 10.5. The molecular formula is C24H52N2O5S. The summed E-state index contributed by atoms with van der Waals surface area (Å²) in [5.74, 6) is 0.949. The van der Waals surface area contributed by atoms with Crippen LogP contribution in [0.15, 0.2) is 0 Å². The SMILES string of the molecule is CC.CC.CC(=O)CCSC(CC=O)C(=O)NCCOCC(C)C.CCCOCCNC. The van der Waals surface area contributed by atoms with Crippen LogP contribution in [0.1, 0.15) is 74.7 Å². The van der Waals surface area contributed by atoms with E-state index in [-0.39, 0.29) is 18.1 Å². The van der Waals surface area contributed by atoms with Crippen LogP contribution in [0, 0.1) is 5.92 Å². The molecule has 0 heterocycles. The minimum absolute atomic E-state index is 0.0878. The molecule has 0 rings (SSSR count). The number of nitrogens with one attached hydrogen (secondary N) is 2. The molecule has 32 heavy (non-hydrogen) atoms. The Morgan fingerprint density at radius 2 is 1.59 bits per heavy atom. The molecule has 7 nitrogen and oxygen atoms in total. The van der Waals surface area contributed by atoms with Gasteiger partial charge in [-0.3, -0.25) is 9.59 Å². The lowest BCUT2D eigenvalue weighted by Gasteiger charge is -2.14. The van der Waals surface area contributed by atoms with Crippen LogP contribution >= 0.6 is 11.8 Å². The average molecular weight is 481 g/mol. The third-order valence-corrected chi connectivity index (χ3v) is 4.47. The van der Waals surface area contributed by atoms with Crippen molar-refractivity contribution in [3.05, 3.63) is 0 Å². The third kappa shape index (κ3) is 36.4. The molecule has 0 radical (unpaired) electrons. The molecule has 0 fully saturated rings. The quantitative estimate of drug-likeness (QED) is 0.239. The predicted octanol–water partition coefficient (Wildman–Crippen LogP) is 4.13. The fraction of sp³-hybridized carbons (Fsp3) is 0.875. The number of hydrogen-bond acceptors (Lipinski definition) is 7. The molecule has 0 aromatic carbocycles. The molecule has 0 aromatic rings. The van der Waals surface area contributed by atoms with Crippen molar-refractivity contribution in [3.63, 3.8) is 0 Å². The minimum atomic E-state index is -0.419. The van der Waals surface area contributed by atoms with E-state index in [9.17, 15) is 14.4 Å². The first-order valence-corrected chi connectivity index (χ1v) is 13.1. The number of ether oxygens (including phenoxy) is 2. The minimum Gasteiger partial charge on any atom is -0.380 e. The third-order valence-electron chi connectivity index (χ3n) is 3.22. The van der Waals surface area contributed by atoms with Crippen molar-refractivity contribution in [1.29, 1.82) is 0 Å². The number of ketones is 1. The first kappa shape index (κ1) is 38.3. The van der Waals surface area contributed by atoms with Gasteiger partial charge in [-0.25, -0.2) is 0 Å². The summed E-state index contributed by atoms with van der Waals surface area (Å²) in [6.45, 7) is 20.0. The second-order valence-electron chi connectivity index (χ2n) is 6.69. The Hall–Kier alpha value is -0.960. The van der Waals surface area contributed by atoms with E-state index in [1.165, 1.54) is 18.7 Å². The summed E-state index contributed by atoms with van der Waals surface area (Å²) in [5.41, 5.74) is 0. The van der Waals surface area contributed by atoms with E-state index >= 15 is 0 Å². The molecule has 1 amide bonds. The van der Waals surface area contributed by atoms with Crippen molar-refractivity contribution >= 4 is 29.7 Å². The van der Waals surface area contributed by atoms with E-state index in [0.717, 1.165) is 32.5 Å². The molecule has 0 saturated carbocycles. The standard InChI is InChI=1S/C14H25NO4S.C6H15NO.2C2H6/c1-11(2)10-19-8-6-15-14(18)13(4-7-16)20-9-5-12(3)17;1-3-5-8-6-4-7-2;2*1-2/h7,11,13H,4-6,8-10H2,1-3H3,(H,15,18);7H,3-6H2,1-2H3;2*1-2H3. The average Bonchev–Trinajstić information content (AvgIpc) is 2.78. The number of amides is 1. The number of rotatable bonds is 17. The Balaban J connectivity index is -0.000000272. The van der Waals surface area contributed by atoms with Crippen molar-refractivity contribution in [2.45, 2.75) is 79.9 Å². The summed E-state index contributed by atoms with van der Waals surface area (Å²) in [6.07, 6.45) is 2.44. The van der Waals surface area contributed by atoms with E-state index in [1.807, 2.05) is 34.7 Å². The van der Waals surface area contributed by atoms with Crippen molar-refractivity contribution in [1.82, 2.24) is 10.6 Å². The van der Waals surface area contributed by atoms with Crippen LogP contribution in [-0.4, -0.2) is 75.5 Å². The Kier molecular flexibility index (Phi) is 41.5. The Bertz CT molecular complexity index is 391. The number of likely N-dealkylation sites (N-methyl/N-ethyl adjacent to an activating group) is 1. The normalized spacial score (nSPS) is 10.4. The van der Waals surface area contributed by atoms with Crippen molar-refractivity contribution in [3.8, 4) is 0 Å². The Labute approximate surface area is 202 Å². The highest BCUT2D eigenvalue weighted by Crippen LogP contribution is 2.15. The van der Waals surface area contributed by atoms with Gasteiger partial charge in [0, 0.05) is 44.9 Å². The van der Waals surface area contributed by atoms with Crippen LogP contribution in [-0.2, 0) is 23.9 Å². The van der Waals surface area contributed by atoms with E-state index < -0.39 is 5.25 Å². The second-order valence-corrected chi connectivity index (χ2v) is 8.00. The Morgan fingerprint density at radius 3 is 2.06 bits per heavy atom. The Morgan fingerprint density at radius 1 is 1.00 bits per heavy atom. The summed E-state index contributed by atoms with van der Waals surface area (Å²) in [6, 6.07) is 0.